The monoisotopic (exact) mass is 903 g/mol. The minimum absolute atomic E-state index is 0. The number of hydrogen-bond donors (Lipinski definition) is 0. The summed E-state index contributed by atoms with van der Waals surface area (Å²) in [5.74, 6) is 0. The third-order valence-electron chi connectivity index (χ3n) is 14.1. The number of fused-ring (bicyclic) bond motifs is 1. The summed E-state index contributed by atoms with van der Waals surface area (Å²) in [6, 6.07) is 7.99. The van der Waals surface area contributed by atoms with Crippen LogP contribution in [0.4, 0.5) is 0 Å². The zero-order valence-corrected chi connectivity index (χ0v) is 45.6. The average Bonchev–Trinajstić information content (AvgIpc) is 3.26. The third kappa shape index (κ3) is 30.6. The molecular formula is C58H103NaO3S. The van der Waals surface area contributed by atoms with Crippen molar-refractivity contribution in [3.8, 4) is 0 Å². The summed E-state index contributed by atoms with van der Waals surface area (Å²) in [4.78, 5) is 0.105. The van der Waals surface area contributed by atoms with Crippen molar-refractivity contribution >= 4 is 20.9 Å². The van der Waals surface area contributed by atoms with Gasteiger partial charge in [0.15, 0.2) is 0 Å². The maximum Gasteiger partial charge on any atom is 1.00 e. The molecule has 0 heterocycles. The molecule has 2 rings (SSSR count). The summed E-state index contributed by atoms with van der Waals surface area (Å²) in [7, 11) is -4.63. The molecule has 0 aliphatic heterocycles. The van der Waals surface area contributed by atoms with Crippen molar-refractivity contribution in [2.45, 2.75) is 315 Å². The molecule has 2 aromatic carbocycles. The van der Waals surface area contributed by atoms with E-state index in [-0.39, 0.29) is 34.5 Å². The minimum atomic E-state index is -4.63. The normalized spacial score (nSPS) is 11.8. The Hall–Kier alpha value is -0.390. The van der Waals surface area contributed by atoms with Crippen LogP contribution in [0, 0.1) is 0 Å². The molecule has 0 aliphatic carbocycles. The molecule has 0 bridgehead atoms. The zero-order chi connectivity index (χ0) is 44.6. The van der Waals surface area contributed by atoms with Gasteiger partial charge in [-0.1, -0.05) is 295 Å². The van der Waals surface area contributed by atoms with Gasteiger partial charge < -0.3 is 4.55 Å². The molecule has 0 aromatic heterocycles. The topological polar surface area (TPSA) is 57.2 Å². The van der Waals surface area contributed by atoms with Crippen molar-refractivity contribution in [3.05, 3.63) is 41.0 Å². The zero-order valence-electron chi connectivity index (χ0n) is 42.8. The van der Waals surface area contributed by atoms with E-state index < -0.39 is 10.1 Å². The average molecular weight is 904 g/mol. The van der Waals surface area contributed by atoms with Gasteiger partial charge in [-0.25, -0.2) is 8.42 Å². The van der Waals surface area contributed by atoms with Gasteiger partial charge in [0.2, 0.25) is 0 Å². The first-order valence-electron chi connectivity index (χ1n) is 28.0. The Morgan fingerprint density at radius 1 is 0.317 bits per heavy atom. The van der Waals surface area contributed by atoms with Crippen molar-refractivity contribution in [1.82, 2.24) is 0 Å². The van der Waals surface area contributed by atoms with Crippen LogP contribution in [0.1, 0.15) is 307 Å². The molecule has 0 fully saturated rings. The summed E-state index contributed by atoms with van der Waals surface area (Å²) in [5.41, 5.74) is 3.45. The van der Waals surface area contributed by atoms with Crippen LogP contribution in [0.15, 0.2) is 29.2 Å². The van der Waals surface area contributed by atoms with Gasteiger partial charge in [0.05, 0.1) is 4.90 Å². The Kier molecular flexibility index (Phi) is 41.3. The second kappa shape index (κ2) is 42.9. The molecule has 2 aromatic rings. The minimum Gasteiger partial charge on any atom is -0.744 e. The van der Waals surface area contributed by atoms with Gasteiger partial charge in [0.25, 0.3) is 0 Å². The van der Waals surface area contributed by atoms with Crippen molar-refractivity contribution in [2.24, 2.45) is 0 Å². The quantitative estimate of drug-likeness (QED) is 0.0378. The SMILES string of the molecule is CCCCCCCCCCCCCCCCc1c(CCCCCCCCCCCCCCCC)c(S(=O)(=O)[O-])c2ccccc2c1CCCCCCCCCCCCCCCC.[Na+]. The fourth-order valence-electron chi connectivity index (χ4n) is 10.2. The molecule has 0 N–H and O–H groups in total. The van der Waals surface area contributed by atoms with Crippen LogP contribution < -0.4 is 29.6 Å². The Morgan fingerprint density at radius 3 is 0.810 bits per heavy atom. The van der Waals surface area contributed by atoms with Crippen molar-refractivity contribution in [3.63, 3.8) is 0 Å². The molecule has 0 saturated heterocycles. The first-order valence-corrected chi connectivity index (χ1v) is 29.4. The van der Waals surface area contributed by atoms with Gasteiger partial charge in [0, 0.05) is 0 Å². The Balaban J connectivity index is 0.0000198. The first kappa shape index (κ1) is 60.6. The molecule has 0 saturated carbocycles. The summed E-state index contributed by atoms with van der Waals surface area (Å²) >= 11 is 0. The van der Waals surface area contributed by atoms with Gasteiger partial charge in [-0.05, 0) is 66.0 Å². The molecular weight excluding hydrogens is 800 g/mol. The summed E-state index contributed by atoms with van der Waals surface area (Å²) in [5, 5.41) is 1.69. The second-order valence-electron chi connectivity index (χ2n) is 19.8. The van der Waals surface area contributed by atoms with Gasteiger partial charge >= 0.3 is 29.6 Å². The Bertz CT molecular complexity index is 1420. The summed E-state index contributed by atoms with van der Waals surface area (Å²) in [6.45, 7) is 6.87. The van der Waals surface area contributed by atoms with E-state index >= 15 is 0 Å². The summed E-state index contributed by atoms with van der Waals surface area (Å²) < 4.78 is 39.7. The van der Waals surface area contributed by atoms with E-state index in [1.54, 1.807) is 0 Å². The van der Waals surface area contributed by atoms with E-state index in [0.717, 1.165) is 49.5 Å². The molecule has 0 spiro atoms. The van der Waals surface area contributed by atoms with Crippen LogP contribution in [-0.4, -0.2) is 13.0 Å². The fourth-order valence-corrected chi connectivity index (χ4v) is 11.2. The van der Waals surface area contributed by atoms with Crippen molar-refractivity contribution < 1.29 is 42.5 Å². The number of aryl methyl sites for hydroxylation is 1. The number of benzene rings is 2. The van der Waals surface area contributed by atoms with Crippen LogP contribution in [0.3, 0.4) is 0 Å². The Labute approximate surface area is 416 Å². The number of hydrogen-bond acceptors (Lipinski definition) is 3. The molecule has 5 heteroatoms. The molecule has 3 nitrogen and oxygen atoms in total. The number of rotatable bonds is 46. The predicted octanol–water partition coefficient (Wildman–Crippen LogP) is 16.8. The molecule has 0 amide bonds. The standard InChI is InChI=1S/C58H104O3S.Na/c1-4-7-10-13-16-19-22-25-28-31-34-37-40-43-48-53-54(49-44-41-38-35-32-29-26-23-20-17-14-11-8-5-2)56(58(62(59,60)61)57-52-47-46-50-55(53)57)51-45-42-39-36-33-30-27-24-21-18-15-12-9-6-3;/h46-47,50,52H,4-45,48-49,51H2,1-3H3,(H,59,60,61);/q;+1/p-1. The number of unbranched alkanes of at least 4 members (excludes halogenated alkanes) is 39. The molecule has 0 unspecified atom stereocenters. The fraction of sp³-hybridized carbons (Fsp3) is 0.828. The van der Waals surface area contributed by atoms with Crippen LogP contribution in [-0.2, 0) is 29.4 Å². The van der Waals surface area contributed by atoms with Crippen LogP contribution in [0.2, 0.25) is 0 Å². The smallest absolute Gasteiger partial charge is 0.744 e. The van der Waals surface area contributed by atoms with E-state index in [1.807, 2.05) is 18.2 Å². The van der Waals surface area contributed by atoms with E-state index in [2.05, 4.69) is 26.8 Å². The van der Waals surface area contributed by atoms with E-state index in [9.17, 15) is 13.0 Å². The van der Waals surface area contributed by atoms with E-state index in [1.165, 1.54) is 255 Å². The van der Waals surface area contributed by atoms with E-state index in [0.29, 0.717) is 11.8 Å². The second-order valence-corrected chi connectivity index (χ2v) is 21.1. The van der Waals surface area contributed by atoms with Crippen LogP contribution in [0.25, 0.3) is 10.8 Å². The Morgan fingerprint density at radius 2 is 0.540 bits per heavy atom. The molecule has 0 aliphatic rings. The van der Waals surface area contributed by atoms with Crippen molar-refractivity contribution in [2.75, 3.05) is 0 Å². The summed E-state index contributed by atoms with van der Waals surface area (Å²) in [6.07, 6.45) is 58.3. The predicted molar refractivity (Wildman–Crippen MR) is 274 cm³/mol. The first-order chi connectivity index (χ1) is 30.5. The van der Waals surface area contributed by atoms with Crippen molar-refractivity contribution in [1.29, 1.82) is 0 Å². The van der Waals surface area contributed by atoms with Gasteiger partial charge in [0.1, 0.15) is 10.1 Å². The van der Waals surface area contributed by atoms with E-state index in [4.69, 9.17) is 0 Å². The van der Waals surface area contributed by atoms with Gasteiger partial charge in [-0.15, -0.1) is 0 Å². The largest absolute Gasteiger partial charge is 1.00 e. The van der Waals surface area contributed by atoms with Crippen LogP contribution >= 0.6 is 0 Å². The van der Waals surface area contributed by atoms with Gasteiger partial charge in [-0.2, -0.15) is 0 Å². The molecule has 0 radical (unpaired) electrons. The molecule has 360 valence electrons. The molecule has 63 heavy (non-hydrogen) atoms. The third-order valence-corrected chi connectivity index (χ3v) is 15.1. The maximum absolute atomic E-state index is 13.2. The maximum atomic E-state index is 13.2. The van der Waals surface area contributed by atoms with Crippen LogP contribution in [0.5, 0.6) is 0 Å². The van der Waals surface area contributed by atoms with Gasteiger partial charge in [-0.3, -0.25) is 0 Å². The molecule has 0 atom stereocenters.